The van der Waals surface area contributed by atoms with Crippen molar-refractivity contribution in [2.45, 2.75) is 39.5 Å². The van der Waals surface area contributed by atoms with Crippen molar-refractivity contribution in [3.8, 4) is 0 Å². The third-order valence-electron chi connectivity index (χ3n) is 5.59. The molecule has 0 heterocycles. The molecule has 0 saturated heterocycles. The Kier molecular flexibility index (Phi) is 6.56. The van der Waals surface area contributed by atoms with Crippen molar-refractivity contribution >= 4 is 36.7 Å². The first-order valence-electron chi connectivity index (χ1n) is 10.0. The van der Waals surface area contributed by atoms with E-state index in [0.29, 0.717) is 0 Å². The molecule has 0 nitrogen and oxygen atoms in total. The zero-order chi connectivity index (χ0) is 19.2. The number of hydrogen-bond acceptors (Lipinski definition) is 0. The Hall–Kier alpha value is -1.43. The van der Waals surface area contributed by atoms with Gasteiger partial charge in [-0.2, -0.15) is 0 Å². The second kappa shape index (κ2) is 8.72. The maximum absolute atomic E-state index is 4.52. The minimum atomic E-state index is -2.70. The van der Waals surface area contributed by atoms with Gasteiger partial charge in [0.25, 0.3) is 0 Å². The number of unbranched alkanes of at least 4 members (excludes halogenated alkanes) is 3. The van der Waals surface area contributed by atoms with Gasteiger partial charge in [0.05, 0.1) is 0 Å². The minimum absolute atomic E-state index is 1.16. The summed E-state index contributed by atoms with van der Waals surface area (Å²) in [6, 6.07) is 31.5. The summed E-state index contributed by atoms with van der Waals surface area (Å²) in [7, 11) is 0. The number of benzene rings is 3. The molecule has 2 heteroatoms. The molecular weight excluding hydrogens is 411 g/mol. The summed E-state index contributed by atoms with van der Waals surface area (Å²) >= 11 is 4.52. The molecule has 0 spiro atoms. The number of hydrogen-bond donors (Lipinski definition) is 0. The summed E-state index contributed by atoms with van der Waals surface area (Å²) < 4.78 is 0. The van der Waals surface area contributed by atoms with Gasteiger partial charge >= 0.3 is 173 Å². The first-order valence-corrected chi connectivity index (χ1v) is 14.4. The molecule has 0 fully saturated rings. The van der Waals surface area contributed by atoms with Crippen LogP contribution in [0.4, 0.5) is 0 Å². The fraction of sp³-hybridized carbons (Fsp3) is 0.280. The number of rotatable bonds is 8. The molecule has 0 saturated carbocycles. The van der Waals surface area contributed by atoms with Crippen molar-refractivity contribution in [1.29, 1.82) is 0 Å². The van der Waals surface area contributed by atoms with Crippen LogP contribution in [0.25, 0.3) is 0 Å². The monoisotopic (exact) mass is 440 g/mol. The van der Waals surface area contributed by atoms with Crippen molar-refractivity contribution in [3.05, 3.63) is 90.5 Å². The zero-order valence-electron chi connectivity index (χ0n) is 16.4. The molecule has 3 aromatic carbocycles. The van der Waals surface area contributed by atoms with E-state index < -0.39 is 5.31 Å². The van der Waals surface area contributed by atoms with Crippen molar-refractivity contribution in [2.24, 2.45) is 0 Å². The average Bonchev–Trinajstić information content (AvgIpc) is 2.73. The fourth-order valence-electron chi connectivity index (χ4n) is 4.00. The van der Waals surface area contributed by atoms with E-state index in [1.165, 1.54) is 47.2 Å². The van der Waals surface area contributed by atoms with Crippen molar-refractivity contribution in [2.75, 3.05) is 6.16 Å². The Morgan fingerprint density at radius 3 is 1.59 bits per heavy atom. The van der Waals surface area contributed by atoms with Crippen LogP contribution in [-0.4, -0.2) is 6.16 Å². The molecule has 0 aliphatic heterocycles. The van der Waals surface area contributed by atoms with Gasteiger partial charge in [-0.25, -0.2) is 0 Å². The molecule has 0 N–H and O–H groups in total. The van der Waals surface area contributed by atoms with Gasteiger partial charge < -0.3 is 0 Å². The average molecular weight is 441 g/mol. The molecule has 142 valence electrons. The van der Waals surface area contributed by atoms with Crippen LogP contribution in [0.5, 0.6) is 0 Å². The molecule has 0 aliphatic rings. The molecule has 0 atom stereocenters. The molecule has 0 aliphatic carbocycles. The van der Waals surface area contributed by atoms with Crippen LogP contribution in [0, 0.1) is 6.92 Å². The molecule has 3 rings (SSSR count). The Labute approximate surface area is 172 Å². The summed E-state index contributed by atoms with van der Waals surface area (Å²) in [5.41, 5.74) is 1.31. The van der Waals surface area contributed by atoms with Crippen LogP contribution in [0.3, 0.4) is 0 Å². The Balaban J connectivity index is 2.26. The summed E-state index contributed by atoms with van der Waals surface area (Å²) in [6.45, 7) is 4.45. The molecule has 0 radical (unpaired) electrons. The summed E-state index contributed by atoms with van der Waals surface area (Å²) in [4.78, 5) is 0. The van der Waals surface area contributed by atoms with Crippen LogP contribution in [0.2, 0.25) is 0 Å². The van der Waals surface area contributed by atoms with Crippen LogP contribution < -0.4 is 15.9 Å². The number of halogens is 1. The van der Waals surface area contributed by atoms with E-state index in [0.717, 1.165) is 6.16 Å². The van der Waals surface area contributed by atoms with E-state index in [1.54, 1.807) is 0 Å². The molecule has 3 aromatic rings. The van der Waals surface area contributed by atoms with Crippen LogP contribution >= 0.6 is 20.8 Å². The third kappa shape index (κ3) is 3.91. The van der Waals surface area contributed by atoms with E-state index in [-0.39, 0.29) is 0 Å². The number of aryl methyl sites for hydroxylation is 1. The summed E-state index contributed by atoms with van der Waals surface area (Å²) in [5.74, 6) is 0. The second-order valence-corrected chi connectivity index (χ2v) is 16.5. The van der Waals surface area contributed by atoms with Gasteiger partial charge in [-0.3, -0.25) is 0 Å². The van der Waals surface area contributed by atoms with Gasteiger partial charge in [0.15, 0.2) is 0 Å². The van der Waals surface area contributed by atoms with E-state index in [1.807, 2.05) is 0 Å². The molecule has 0 aromatic heterocycles. The van der Waals surface area contributed by atoms with Crippen molar-refractivity contribution < 1.29 is 0 Å². The Bertz CT molecular complexity index is 801. The molecule has 0 unspecified atom stereocenters. The zero-order valence-corrected chi connectivity index (χ0v) is 18.9. The molecular formula is C25H30BrP. The van der Waals surface area contributed by atoms with Gasteiger partial charge in [0.2, 0.25) is 0 Å². The first-order chi connectivity index (χ1) is 13.1. The van der Waals surface area contributed by atoms with Crippen LogP contribution in [-0.2, 0) is 0 Å². The van der Waals surface area contributed by atoms with E-state index in [9.17, 15) is 0 Å². The third-order valence-corrected chi connectivity index (χ3v) is 15.6. The van der Waals surface area contributed by atoms with Gasteiger partial charge in [0, 0.05) is 0 Å². The summed E-state index contributed by atoms with van der Waals surface area (Å²) in [5, 5.41) is 1.59. The standard InChI is InChI=1S/C25H30BrP/c1-3-4-5-12-21-27(26,23-13-8-6-9-14-23,24-15-10-7-11-16-24)25-19-17-22(2)18-20-25/h6-11,13-20H,3-5,12,21H2,1-2H3. The van der Waals surface area contributed by atoms with Gasteiger partial charge in [-0.15, -0.1) is 0 Å². The normalized spacial score (nSPS) is 13.1. The fourth-order valence-corrected chi connectivity index (χ4v) is 11.7. The van der Waals surface area contributed by atoms with Crippen LogP contribution in [0.15, 0.2) is 84.9 Å². The van der Waals surface area contributed by atoms with Crippen molar-refractivity contribution in [1.82, 2.24) is 0 Å². The maximum atomic E-state index is 4.52. The van der Waals surface area contributed by atoms with Gasteiger partial charge in [-0.1, -0.05) is 0 Å². The topological polar surface area (TPSA) is 0 Å². The van der Waals surface area contributed by atoms with Crippen LogP contribution in [0.1, 0.15) is 38.2 Å². The Morgan fingerprint density at radius 1 is 0.630 bits per heavy atom. The SMILES string of the molecule is CCCCCCP(Br)(c1ccccc1)(c1ccccc1)c1ccc(C)cc1. The summed E-state index contributed by atoms with van der Waals surface area (Å²) in [6.07, 6.45) is 6.24. The van der Waals surface area contributed by atoms with E-state index in [2.05, 4.69) is 114 Å². The first kappa shape index (κ1) is 20.3. The predicted octanol–water partition coefficient (Wildman–Crippen LogP) is 6.71. The molecule has 0 amide bonds. The predicted molar refractivity (Wildman–Crippen MR) is 128 cm³/mol. The quantitative estimate of drug-likeness (QED) is 0.269. The molecule has 0 bridgehead atoms. The van der Waals surface area contributed by atoms with Crippen molar-refractivity contribution in [3.63, 3.8) is 0 Å². The Morgan fingerprint density at radius 2 is 1.11 bits per heavy atom. The van der Waals surface area contributed by atoms with E-state index in [4.69, 9.17) is 0 Å². The van der Waals surface area contributed by atoms with Gasteiger partial charge in [0.1, 0.15) is 0 Å². The van der Waals surface area contributed by atoms with E-state index >= 15 is 0 Å². The van der Waals surface area contributed by atoms with Gasteiger partial charge in [-0.05, 0) is 0 Å². The molecule has 27 heavy (non-hydrogen) atoms. The second-order valence-electron chi connectivity index (χ2n) is 7.47.